The van der Waals surface area contributed by atoms with Gasteiger partial charge < -0.3 is 29.2 Å². The van der Waals surface area contributed by atoms with E-state index in [1.807, 2.05) is 36.9 Å². The van der Waals surface area contributed by atoms with Gasteiger partial charge in [-0.3, -0.25) is 5.73 Å². The van der Waals surface area contributed by atoms with Crippen LogP contribution in [0.1, 0.15) is 61.8 Å². The second-order valence-corrected chi connectivity index (χ2v) is 12.5. The van der Waals surface area contributed by atoms with Crippen molar-refractivity contribution in [3.63, 3.8) is 0 Å². The number of aryl methyl sites for hydroxylation is 3. The molecule has 0 amide bonds. The molecular weight excluding hydrogens is 587 g/mol. The summed E-state index contributed by atoms with van der Waals surface area (Å²) in [6.07, 6.45) is 6.49. The molecule has 1 aromatic carbocycles. The number of fused-ring (bicyclic) bond motifs is 2. The second kappa shape index (κ2) is 12.7. The fraction of sp³-hybridized carbons (Fsp3) is 0.531. The number of pyridine rings is 1. The molecule has 1 unspecified atom stereocenters. The third-order valence-corrected chi connectivity index (χ3v) is 9.09. The lowest BCUT2D eigenvalue weighted by atomic mass is 9.88. The number of anilines is 1. The molecule has 10 nitrogen and oxygen atoms in total. The molecule has 2 aromatic heterocycles. The van der Waals surface area contributed by atoms with E-state index in [-0.39, 0.29) is 23.9 Å². The van der Waals surface area contributed by atoms with Crippen LogP contribution in [0.4, 0.5) is 16.0 Å². The summed E-state index contributed by atoms with van der Waals surface area (Å²) in [6, 6.07) is 5.11. The molecule has 2 aliphatic heterocycles. The Balaban J connectivity index is 1.16. The van der Waals surface area contributed by atoms with Crippen molar-refractivity contribution in [1.82, 2.24) is 14.5 Å². The number of imidazole rings is 1. The molecule has 2 saturated heterocycles. The van der Waals surface area contributed by atoms with Crippen LogP contribution >= 0.6 is 11.6 Å². The smallest absolute Gasteiger partial charge is 0.189 e. The van der Waals surface area contributed by atoms with Crippen LogP contribution in [0.15, 0.2) is 35.7 Å². The zero-order valence-electron chi connectivity index (χ0n) is 25.4. The SMILES string of the molecule is CCCC(=Nc1nc(NC2CCc3cc(-c4cn(C)cn4)cc(F)c32)c(Cl)cc1C)OCC[C@@H]1CO[C@]2(N)[C@H](O)CCO[C@H]12. The Bertz CT molecular complexity index is 1550. The minimum absolute atomic E-state index is 0.0127. The molecule has 3 aromatic rings. The molecule has 5 atom stereocenters. The molecular formula is C32H40ClFN6O4. The van der Waals surface area contributed by atoms with Gasteiger partial charge in [-0.1, -0.05) is 18.5 Å². The maximum absolute atomic E-state index is 15.5. The lowest BCUT2D eigenvalue weighted by molar-refractivity contribution is -0.186. The summed E-state index contributed by atoms with van der Waals surface area (Å²) in [5, 5.41) is 14.2. The number of aliphatic imine (C=N–C) groups is 1. The van der Waals surface area contributed by atoms with Crippen LogP contribution in [0.5, 0.6) is 0 Å². The van der Waals surface area contributed by atoms with Gasteiger partial charge in [0.15, 0.2) is 17.4 Å². The third-order valence-electron chi connectivity index (χ3n) is 8.80. The summed E-state index contributed by atoms with van der Waals surface area (Å²) in [7, 11) is 1.89. The minimum Gasteiger partial charge on any atom is -0.481 e. The number of benzene rings is 1. The fourth-order valence-corrected chi connectivity index (χ4v) is 6.71. The summed E-state index contributed by atoms with van der Waals surface area (Å²) < 4.78 is 35.1. The quantitative estimate of drug-likeness (QED) is 0.214. The van der Waals surface area contributed by atoms with Gasteiger partial charge in [0.1, 0.15) is 23.8 Å². The molecule has 236 valence electrons. The maximum Gasteiger partial charge on any atom is 0.189 e. The summed E-state index contributed by atoms with van der Waals surface area (Å²) in [5.41, 5.74) is 9.07. The average Bonchev–Trinajstić information content (AvgIpc) is 3.70. The van der Waals surface area contributed by atoms with Gasteiger partial charge in [-0.15, -0.1) is 0 Å². The molecule has 4 N–H and O–H groups in total. The molecule has 12 heteroatoms. The number of nitrogens with one attached hydrogen (secondary N) is 1. The van der Waals surface area contributed by atoms with Crippen molar-refractivity contribution in [1.29, 1.82) is 0 Å². The normalized spacial score (nSPS) is 26.5. The number of halogens is 2. The van der Waals surface area contributed by atoms with Crippen molar-refractivity contribution in [3.05, 3.63) is 58.3 Å². The number of nitrogens with zero attached hydrogens (tertiary/aromatic N) is 4. The van der Waals surface area contributed by atoms with E-state index < -0.39 is 11.8 Å². The van der Waals surface area contributed by atoms with Gasteiger partial charge in [0.05, 0.1) is 36.3 Å². The Labute approximate surface area is 261 Å². The van der Waals surface area contributed by atoms with Crippen LogP contribution in [0.3, 0.4) is 0 Å². The van der Waals surface area contributed by atoms with Gasteiger partial charge in [-0.25, -0.2) is 14.4 Å². The first-order valence-electron chi connectivity index (χ1n) is 15.3. The fourth-order valence-electron chi connectivity index (χ4n) is 6.45. The highest BCUT2D eigenvalue weighted by molar-refractivity contribution is 6.33. The topological polar surface area (TPSA) is 129 Å². The Morgan fingerprint density at radius 2 is 2.18 bits per heavy atom. The van der Waals surface area contributed by atoms with Crippen LogP contribution in [0.2, 0.25) is 5.02 Å². The highest BCUT2D eigenvalue weighted by atomic mass is 35.5. The zero-order valence-corrected chi connectivity index (χ0v) is 26.1. The molecule has 0 radical (unpaired) electrons. The highest BCUT2D eigenvalue weighted by Crippen LogP contribution is 2.40. The van der Waals surface area contributed by atoms with Gasteiger partial charge in [-0.05, 0) is 61.9 Å². The van der Waals surface area contributed by atoms with E-state index in [2.05, 4.69) is 17.2 Å². The van der Waals surface area contributed by atoms with E-state index in [1.54, 1.807) is 12.4 Å². The van der Waals surface area contributed by atoms with E-state index in [0.717, 1.165) is 35.2 Å². The molecule has 44 heavy (non-hydrogen) atoms. The first-order chi connectivity index (χ1) is 21.2. The Hall–Kier alpha value is -3.09. The predicted molar refractivity (Wildman–Crippen MR) is 167 cm³/mol. The summed E-state index contributed by atoms with van der Waals surface area (Å²) in [6.45, 7) is 5.22. The predicted octanol–water partition coefficient (Wildman–Crippen LogP) is 5.37. The Morgan fingerprint density at radius 1 is 1.34 bits per heavy atom. The van der Waals surface area contributed by atoms with Crippen LogP contribution in [-0.2, 0) is 27.7 Å². The monoisotopic (exact) mass is 626 g/mol. The van der Waals surface area contributed by atoms with Gasteiger partial charge in [0, 0.05) is 49.7 Å². The van der Waals surface area contributed by atoms with Crippen molar-refractivity contribution in [3.8, 4) is 11.3 Å². The van der Waals surface area contributed by atoms with Crippen molar-refractivity contribution in [2.75, 3.05) is 25.1 Å². The minimum atomic E-state index is -1.17. The number of aliphatic hydroxyl groups is 1. The van der Waals surface area contributed by atoms with E-state index >= 15 is 4.39 Å². The third kappa shape index (κ3) is 6.08. The van der Waals surface area contributed by atoms with Crippen molar-refractivity contribution in [2.24, 2.45) is 23.7 Å². The summed E-state index contributed by atoms with van der Waals surface area (Å²) in [5.74, 6) is 1.25. The molecule has 1 aliphatic carbocycles. The summed E-state index contributed by atoms with van der Waals surface area (Å²) in [4.78, 5) is 13.9. The summed E-state index contributed by atoms with van der Waals surface area (Å²) >= 11 is 6.63. The molecule has 2 fully saturated rings. The van der Waals surface area contributed by atoms with Gasteiger partial charge >= 0.3 is 0 Å². The number of hydrogen-bond donors (Lipinski definition) is 3. The highest BCUT2D eigenvalue weighted by Gasteiger charge is 2.54. The Morgan fingerprint density at radius 3 is 2.95 bits per heavy atom. The van der Waals surface area contributed by atoms with E-state index in [4.69, 9.17) is 41.5 Å². The van der Waals surface area contributed by atoms with Gasteiger partial charge in [0.2, 0.25) is 0 Å². The molecule has 4 heterocycles. The van der Waals surface area contributed by atoms with Crippen molar-refractivity contribution >= 4 is 29.1 Å². The first kappa shape index (κ1) is 30.9. The molecule has 0 bridgehead atoms. The average molecular weight is 627 g/mol. The van der Waals surface area contributed by atoms with Crippen molar-refractivity contribution < 1.29 is 23.7 Å². The number of aromatic nitrogens is 3. The standard InChI is InChI=1S/C32H40ClFN6O4/c1-4-5-27(42-10-8-20-16-44-32(35)26(41)9-11-43-29(20)32)38-30-18(2)12-22(33)31(39-30)37-24-7-6-19-13-21(14-23(34)28(19)24)25-15-40(3)17-36-25/h12-15,17,20,24,26,29,41H,4-11,16,35H2,1-3H3,(H,37,39)/t20-,24?,26-,29-,32-/m1/s1. The van der Waals surface area contributed by atoms with E-state index in [0.29, 0.717) is 73.6 Å². The van der Waals surface area contributed by atoms with Crippen molar-refractivity contribution in [2.45, 2.75) is 76.3 Å². The number of hydrogen-bond acceptors (Lipinski definition) is 9. The zero-order chi connectivity index (χ0) is 31.0. The maximum atomic E-state index is 15.5. The molecule has 0 spiro atoms. The van der Waals surface area contributed by atoms with E-state index in [1.165, 1.54) is 0 Å². The largest absolute Gasteiger partial charge is 0.481 e. The second-order valence-electron chi connectivity index (χ2n) is 12.1. The van der Waals surface area contributed by atoms with Crippen LogP contribution < -0.4 is 11.1 Å². The molecule has 3 aliphatic rings. The lowest BCUT2D eigenvalue weighted by Crippen LogP contribution is -2.62. The van der Waals surface area contributed by atoms with Gasteiger partial charge in [-0.2, -0.15) is 4.99 Å². The number of nitrogens with two attached hydrogens (primary N) is 1. The van der Waals surface area contributed by atoms with Gasteiger partial charge in [0.25, 0.3) is 0 Å². The lowest BCUT2D eigenvalue weighted by Gasteiger charge is -2.39. The van der Waals surface area contributed by atoms with Crippen LogP contribution in [-0.4, -0.2) is 63.3 Å². The van der Waals surface area contributed by atoms with Crippen LogP contribution in [0, 0.1) is 18.7 Å². The van der Waals surface area contributed by atoms with Crippen LogP contribution in [0.25, 0.3) is 11.3 Å². The Kier molecular flexibility index (Phi) is 8.94. The number of ether oxygens (including phenoxy) is 3. The van der Waals surface area contributed by atoms with E-state index in [9.17, 15) is 5.11 Å². The first-order valence-corrected chi connectivity index (χ1v) is 15.7. The number of rotatable bonds is 9. The number of aliphatic hydroxyl groups excluding tert-OH is 1. The molecule has 0 saturated carbocycles. The molecule has 6 rings (SSSR count).